The van der Waals surface area contributed by atoms with E-state index in [1.165, 1.54) is 36.8 Å². The number of nitrogens with zero attached hydrogens (tertiary/aromatic N) is 3. The lowest BCUT2D eigenvalue weighted by atomic mass is 9.95. The van der Waals surface area contributed by atoms with E-state index in [-0.39, 0.29) is 11.9 Å². The summed E-state index contributed by atoms with van der Waals surface area (Å²) in [7, 11) is 0. The van der Waals surface area contributed by atoms with Crippen molar-refractivity contribution in [3.05, 3.63) is 66.0 Å². The van der Waals surface area contributed by atoms with Crippen LogP contribution in [0, 0.1) is 6.92 Å². The quantitative estimate of drug-likeness (QED) is 0.629. The summed E-state index contributed by atoms with van der Waals surface area (Å²) >= 11 is 0. The lowest BCUT2D eigenvalue weighted by Gasteiger charge is -2.40. The summed E-state index contributed by atoms with van der Waals surface area (Å²) in [4.78, 5) is 19.3. The molecule has 0 spiro atoms. The second-order valence-electron chi connectivity index (χ2n) is 9.22. The van der Waals surface area contributed by atoms with E-state index in [0.29, 0.717) is 18.1 Å². The van der Waals surface area contributed by atoms with E-state index in [2.05, 4.69) is 70.2 Å². The number of carbonyl (C=O) groups excluding carboxylic acids is 1. The lowest BCUT2D eigenvalue weighted by Crippen LogP contribution is -2.44. The van der Waals surface area contributed by atoms with E-state index >= 15 is 0 Å². The Morgan fingerprint density at radius 1 is 1.03 bits per heavy atom. The number of piperidine rings is 1. The molecular weight excluding hydrogens is 384 g/mol. The Morgan fingerprint density at radius 3 is 2.42 bits per heavy atom. The SMILES string of the molecule is CC(=O)N[C@@H](CCN1[C@@H]2CC[C@H]1C[C@H](n1c(C)nc3ccccc31)C2)c1ccccc1. The zero-order valence-electron chi connectivity index (χ0n) is 18.5. The van der Waals surface area contributed by atoms with Crippen LogP contribution in [0.3, 0.4) is 0 Å². The molecule has 2 aliphatic heterocycles. The van der Waals surface area contributed by atoms with E-state index < -0.39 is 0 Å². The summed E-state index contributed by atoms with van der Waals surface area (Å²) in [5, 5.41) is 3.17. The molecule has 5 rings (SSSR count). The maximum absolute atomic E-state index is 11.8. The van der Waals surface area contributed by atoms with Gasteiger partial charge in [-0.2, -0.15) is 0 Å². The van der Waals surface area contributed by atoms with Crippen molar-refractivity contribution in [2.45, 2.75) is 70.1 Å². The van der Waals surface area contributed by atoms with Gasteiger partial charge in [0, 0.05) is 31.6 Å². The van der Waals surface area contributed by atoms with Gasteiger partial charge in [0.05, 0.1) is 17.1 Å². The largest absolute Gasteiger partial charge is 0.349 e. The van der Waals surface area contributed by atoms with Gasteiger partial charge in [0.15, 0.2) is 0 Å². The van der Waals surface area contributed by atoms with Crippen molar-refractivity contribution in [2.24, 2.45) is 0 Å². The van der Waals surface area contributed by atoms with Crippen molar-refractivity contribution in [3.8, 4) is 0 Å². The maximum Gasteiger partial charge on any atom is 0.217 e. The molecule has 3 aromatic rings. The highest BCUT2D eigenvalue weighted by atomic mass is 16.1. The van der Waals surface area contributed by atoms with E-state index in [9.17, 15) is 4.79 Å². The first-order valence-corrected chi connectivity index (χ1v) is 11.6. The molecule has 0 unspecified atom stereocenters. The van der Waals surface area contributed by atoms with Crippen LogP contribution in [0.5, 0.6) is 0 Å². The van der Waals surface area contributed by atoms with Crippen molar-refractivity contribution in [3.63, 3.8) is 0 Å². The number of fused-ring (bicyclic) bond motifs is 3. The molecule has 2 bridgehead atoms. The first-order chi connectivity index (χ1) is 15.1. The predicted molar refractivity (Wildman–Crippen MR) is 124 cm³/mol. The van der Waals surface area contributed by atoms with Crippen LogP contribution in [-0.2, 0) is 4.79 Å². The van der Waals surface area contributed by atoms with Crippen LogP contribution in [0.15, 0.2) is 54.6 Å². The third-order valence-corrected chi connectivity index (χ3v) is 7.25. The van der Waals surface area contributed by atoms with Gasteiger partial charge in [-0.1, -0.05) is 42.5 Å². The summed E-state index contributed by atoms with van der Waals surface area (Å²) in [6.45, 7) is 4.79. The number of amides is 1. The van der Waals surface area contributed by atoms with Crippen LogP contribution in [0.1, 0.15) is 62.5 Å². The minimum atomic E-state index is 0.0398. The van der Waals surface area contributed by atoms with Crippen LogP contribution in [0.2, 0.25) is 0 Å². The number of benzene rings is 2. The van der Waals surface area contributed by atoms with Crippen LogP contribution >= 0.6 is 0 Å². The molecule has 1 amide bonds. The average Bonchev–Trinajstić information content (AvgIpc) is 3.22. The number of hydrogen-bond donors (Lipinski definition) is 1. The Labute approximate surface area is 184 Å². The van der Waals surface area contributed by atoms with Crippen LogP contribution in [0.25, 0.3) is 11.0 Å². The average molecular weight is 417 g/mol. The molecule has 162 valence electrons. The number of aromatic nitrogens is 2. The van der Waals surface area contributed by atoms with Gasteiger partial charge < -0.3 is 9.88 Å². The molecule has 0 radical (unpaired) electrons. The molecule has 2 aromatic carbocycles. The fourth-order valence-corrected chi connectivity index (χ4v) is 5.98. The highest BCUT2D eigenvalue weighted by Gasteiger charge is 2.41. The lowest BCUT2D eigenvalue weighted by molar-refractivity contribution is -0.119. The molecule has 0 aliphatic carbocycles. The van der Waals surface area contributed by atoms with E-state index in [4.69, 9.17) is 4.98 Å². The molecule has 0 saturated carbocycles. The van der Waals surface area contributed by atoms with Gasteiger partial charge in [0.2, 0.25) is 5.91 Å². The highest BCUT2D eigenvalue weighted by molar-refractivity contribution is 5.76. The fraction of sp³-hybridized carbons (Fsp3) is 0.462. The van der Waals surface area contributed by atoms with Crippen molar-refractivity contribution in [1.82, 2.24) is 19.8 Å². The number of para-hydroxylation sites is 2. The molecule has 31 heavy (non-hydrogen) atoms. The molecule has 2 fully saturated rings. The molecule has 2 saturated heterocycles. The second kappa shape index (κ2) is 8.46. The number of aryl methyl sites for hydroxylation is 1. The summed E-state index contributed by atoms with van der Waals surface area (Å²) < 4.78 is 2.49. The number of nitrogens with one attached hydrogen (secondary N) is 1. The first-order valence-electron chi connectivity index (χ1n) is 11.6. The first kappa shape index (κ1) is 20.3. The summed E-state index contributed by atoms with van der Waals surface area (Å²) in [5.41, 5.74) is 3.57. The number of rotatable bonds is 6. The van der Waals surface area contributed by atoms with Crippen LogP contribution < -0.4 is 5.32 Å². The molecule has 4 atom stereocenters. The smallest absolute Gasteiger partial charge is 0.217 e. The van der Waals surface area contributed by atoms with E-state index in [0.717, 1.165) is 24.3 Å². The minimum Gasteiger partial charge on any atom is -0.349 e. The third-order valence-electron chi connectivity index (χ3n) is 7.25. The van der Waals surface area contributed by atoms with Gasteiger partial charge >= 0.3 is 0 Å². The van der Waals surface area contributed by atoms with E-state index in [1.54, 1.807) is 6.92 Å². The van der Waals surface area contributed by atoms with Crippen molar-refractivity contribution in [2.75, 3.05) is 6.54 Å². The molecule has 3 heterocycles. The summed E-state index contributed by atoms with van der Waals surface area (Å²) in [6.07, 6.45) is 5.89. The Kier molecular flexibility index (Phi) is 5.53. The van der Waals surface area contributed by atoms with Gasteiger partial charge in [-0.15, -0.1) is 0 Å². The summed E-state index contributed by atoms with van der Waals surface area (Å²) in [5.74, 6) is 1.17. The van der Waals surface area contributed by atoms with Gasteiger partial charge in [0.1, 0.15) is 5.82 Å². The Hall–Kier alpha value is -2.66. The van der Waals surface area contributed by atoms with Gasteiger partial charge in [0.25, 0.3) is 0 Å². The van der Waals surface area contributed by atoms with Crippen molar-refractivity contribution >= 4 is 16.9 Å². The van der Waals surface area contributed by atoms with Crippen molar-refractivity contribution in [1.29, 1.82) is 0 Å². The standard InChI is InChI=1S/C26H32N4O/c1-18-27-25-10-6-7-11-26(25)30(18)23-16-21-12-13-22(17-23)29(21)15-14-24(28-19(2)31)20-8-4-3-5-9-20/h3-11,21-24H,12-17H2,1-2H3,(H,28,31)/t21-,22+,23-,24-/m0/s1. The Balaban J connectivity index is 1.30. The number of hydrogen-bond acceptors (Lipinski definition) is 3. The topological polar surface area (TPSA) is 50.2 Å². The molecule has 1 aromatic heterocycles. The molecule has 1 N–H and O–H groups in total. The van der Waals surface area contributed by atoms with Crippen LogP contribution in [-0.4, -0.2) is 39.0 Å². The maximum atomic E-state index is 11.8. The number of carbonyl (C=O) groups is 1. The molecule has 2 aliphatic rings. The second-order valence-corrected chi connectivity index (χ2v) is 9.22. The zero-order valence-corrected chi connectivity index (χ0v) is 18.5. The monoisotopic (exact) mass is 416 g/mol. The van der Waals surface area contributed by atoms with Gasteiger partial charge in [-0.25, -0.2) is 4.98 Å². The minimum absolute atomic E-state index is 0.0398. The Morgan fingerprint density at radius 2 is 1.71 bits per heavy atom. The van der Waals surface area contributed by atoms with Crippen molar-refractivity contribution < 1.29 is 4.79 Å². The summed E-state index contributed by atoms with van der Waals surface area (Å²) in [6, 6.07) is 20.8. The van der Waals surface area contributed by atoms with Crippen LogP contribution in [0.4, 0.5) is 0 Å². The Bertz CT molecular complexity index is 1050. The zero-order chi connectivity index (χ0) is 21.4. The third kappa shape index (κ3) is 3.99. The fourth-order valence-electron chi connectivity index (χ4n) is 5.98. The van der Waals surface area contributed by atoms with Gasteiger partial charge in [-0.3, -0.25) is 9.69 Å². The molecule has 5 heteroatoms. The van der Waals surface area contributed by atoms with E-state index in [1.807, 2.05) is 6.07 Å². The molecular formula is C26H32N4O. The normalized spacial score (nSPS) is 24.4. The number of imidazole rings is 1. The van der Waals surface area contributed by atoms with Gasteiger partial charge in [-0.05, 0) is 56.7 Å². The predicted octanol–water partition coefficient (Wildman–Crippen LogP) is 4.78. The highest BCUT2D eigenvalue weighted by Crippen LogP contribution is 2.42. The molecule has 5 nitrogen and oxygen atoms in total.